The Balaban J connectivity index is 1.44. The van der Waals surface area contributed by atoms with Crippen molar-refractivity contribution in [3.63, 3.8) is 0 Å². The molecule has 30 heavy (non-hydrogen) atoms. The molecule has 0 aliphatic carbocycles. The molecule has 2 atom stereocenters. The van der Waals surface area contributed by atoms with Crippen LogP contribution in [0.25, 0.3) is 11.2 Å². The van der Waals surface area contributed by atoms with E-state index in [4.69, 9.17) is 4.74 Å². The SMILES string of the molecule is CCC(NC(=O)C1CCCN(c2cnc3nccnc3c2)C1)c1ccc(OC)cc1. The monoisotopic (exact) mass is 405 g/mol. The lowest BCUT2D eigenvalue weighted by Crippen LogP contribution is -2.44. The van der Waals surface area contributed by atoms with Gasteiger partial charge in [0, 0.05) is 25.5 Å². The molecule has 156 valence electrons. The van der Waals surface area contributed by atoms with Gasteiger partial charge in [-0.25, -0.2) is 9.97 Å². The quantitative estimate of drug-likeness (QED) is 0.676. The second-order valence-electron chi connectivity index (χ2n) is 7.62. The summed E-state index contributed by atoms with van der Waals surface area (Å²) >= 11 is 0. The van der Waals surface area contributed by atoms with Crippen molar-refractivity contribution in [2.24, 2.45) is 5.92 Å². The standard InChI is InChI=1S/C23H27N5O2/c1-3-20(16-6-8-19(30-2)9-7-16)27-23(29)17-5-4-12-28(15-17)18-13-21-22(26-14-18)25-11-10-24-21/h6-11,13-14,17,20H,3-5,12,15H2,1-2H3,(H,27,29). The van der Waals surface area contributed by atoms with Crippen LogP contribution < -0.4 is 15.0 Å². The van der Waals surface area contributed by atoms with Gasteiger partial charge in [-0.15, -0.1) is 0 Å². The van der Waals surface area contributed by atoms with Gasteiger partial charge < -0.3 is 15.0 Å². The lowest BCUT2D eigenvalue weighted by molar-refractivity contribution is -0.126. The summed E-state index contributed by atoms with van der Waals surface area (Å²) < 4.78 is 5.23. The minimum absolute atomic E-state index is 0.00334. The van der Waals surface area contributed by atoms with Crippen molar-refractivity contribution in [3.05, 3.63) is 54.5 Å². The van der Waals surface area contributed by atoms with Gasteiger partial charge in [0.05, 0.1) is 31.0 Å². The van der Waals surface area contributed by atoms with Crippen molar-refractivity contribution in [3.8, 4) is 5.75 Å². The van der Waals surface area contributed by atoms with Crippen LogP contribution in [-0.4, -0.2) is 41.1 Å². The van der Waals surface area contributed by atoms with Crippen molar-refractivity contribution >= 4 is 22.8 Å². The molecular weight excluding hydrogens is 378 g/mol. The molecule has 2 aromatic heterocycles. The molecule has 3 aromatic rings. The van der Waals surface area contributed by atoms with E-state index in [0.29, 0.717) is 12.2 Å². The van der Waals surface area contributed by atoms with E-state index in [0.717, 1.165) is 48.3 Å². The third-order valence-corrected chi connectivity index (χ3v) is 5.71. The molecular formula is C23H27N5O2. The van der Waals surface area contributed by atoms with Crippen LogP contribution in [0.4, 0.5) is 5.69 Å². The summed E-state index contributed by atoms with van der Waals surface area (Å²) in [5, 5.41) is 3.25. The molecule has 1 aliphatic heterocycles. The number of nitrogens with zero attached hydrogens (tertiary/aromatic N) is 4. The smallest absolute Gasteiger partial charge is 0.225 e. The Kier molecular flexibility index (Phi) is 6.07. The van der Waals surface area contributed by atoms with E-state index in [-0.39, 0.29) is 17.9 Å². The van der Waals surface area contributed by atoms with Gasteiger partial charge in [0.2, 0.25) is 5.91 Å². The van der Waals surface area contributed by atoms with Crippen LogP contribution in [0.3, 0.4) is 0 Å². The van der Waals surface area contributed by atoms with Crippen LogP contribution in [0.5, 0.6) is 5.75 Å². The summed E-state index contributed by atoms with van der Waals surface area (Å²) in [6.45, 7) is 3.68. The van der Waals surface area contributed by atoms with Gasteiger partial charge in [-0.3, -0.25) is 9.78 Å². The fourth-order valence-electron chi connectivity index (χ4n) is 3.99. The number of carbonyl (C=O) groups is 1. The molecule has 1 aromatic carbocycles. The molecule has 4 rings (SSSR count). The molecule has 1 N–H and O–H groups in total. The van der Waals surface area contributed by atoms with Crippen molar-refractivity contribution in [1.29, 1.82) is 0 Å². The van der Waals surface area contributed by atoms with E-state index in [1.54, 1.807) is 19.5 Å². The minimum atomic E-state index is -0.0522. The molecule has 7 heteroatoms. The maximum Gasteiger partial charge on any atom is 0.225 e. The van der Waals surface area contributed by atoms with Crippen LogP contribution in [0, 0.1) is 5.92 Å². The number of carbonyl (C=O) groups excluding carboxylic acids is 1. The Morgan fingerprint density at radius 1 is 1.23 bits per heavy atom. The number of fused-ring (bicyclic) bond motifs is 1. The van der Waals surface area contributed by atoms with Crippen LogP contribution in [0.2, 0.25) is 0 Å². The highest BCUT2D eigenvalue weighted by atomic mass is 16.5. The summed E-state index contributed by atoms with van der Waals surface area (Å²) in [7, 11) is 1.65. The molecule has 0 bridgehead atoms. The molecule has 2 unspecified atom stereocenters. The first-order chi connectivity index (χ1) is 14.7. The van der Waals surface area contributed by atoms with E-state index >= 15 is 0 Å². The first-order valence-corrected chi connectivity index (χ1v) is 10.4. The fraction of sp³-hybridized carbons (Fsp3) is 0.391. The number of benzene rings is 1. The molecule has 0 radical (unpaired) electrons. The molecule has 1 amide bonds. The van der Waals surface area contributed by atoms with Gasteiger partial charge in [-0.1, -0.05) is 19.1 Å². The average Bonchev–Trinajstić information content (AvgIpc) is 2.82. The predicted molar refractivity (Wildman–Crippen MR) is 116 cm³/mol. The number of nitrogens with one attached hydrogen (secondary N) is 1. The molecule has 3 heterocycles. The molecule has 1 fully saturated rings. The normalized spacial score (nSPS) is 17.5. The molecule has 1 aliphatic rings. The van der Waals surface area contributed by atoms with Crippen molar-refractivity contribution < 1.29 is 9.53 Å². The molecule has 7 nitrogen and oxygen atoms in total. The third-order valence-electron chi connectivity index (χ3n) is 5.71. The predicted octanol–water partition coefficient (Wildman–Crippen LogP) is 3.52. The van der Waals surface area contributed by atoms with E-state index in [2.05, 4.69) is 32.1 Å². The highest BCUT2D eigenvalue weighted by Gasteiger charge is 2.28. The number of hydrogen-bond donors (Lipinski definition) is 1. The summed E-state index contributed by atoms with van der Waals surface area (Å²) in [4.78, 5) is 28.3. The Morgan fingerprint density at radius 3 is 2.80 bits per heavy atom. The second kappa shape index (κ2) is 9.07. The summed E-state index contributed by atoms with van der Waals surface area (Å²) in [6, 6.07) is 9.90. The number of amides is 1. The largest absolute Gasteiger partial charge is 0.497 e. The van der Waals surface area contributed by atoms with Gasteiger partial charge in [0.1, 0.15) is 11.3 Å². The van der Waals surface area contributed by atoms with E-state index < -0.39 is 0 Å². The third kappa shape index (κ3) is 4.35. The zero-order chi connectivity index (χ0) is 20.9. The number of pyridine rings is 1. The fourth-order valence-corrected chi connectivity index (χ4v) is 3.99. The van der Waals surface area contributed by atoms with Gasteiger partial charge >= 0.3 is 0 Å². The van der Waals surface area contributed by atoms with Crippen LogP contribution in [-0.2, 0) is 4.79 Å². The zero-order valence-corrected chi connectivity index (χ0v) is 17.4. The van der Waals surface area contributed by atoms with Gasteiger partial charge in [0.15, 0.2) is 5.65 Å². The number of rotatable bonds is 6. The maximum atomic E-state index is 13.1. The molecule has 0 saturated carbocycles. The van der Waals surface area contributed by atoms with Crippen molar-refractivity contribution in [2.75, 3.05) is 25.1 Å². The van der Waals surface area contributed by atoms with Gasteiger partial charge in [-0.2, -0.15) is 0 Å². The zero-order valence-electron chi connectivity index (χ0n) is 17.4. The Morgan fingerprint density at radius 2 is 2.03 bits per heavy atom. The Hall–Kier alpha value is -3.22. The van der Waals surface area contributed by atoms with E-state index in [1.165, 1.54) is 0 Å². The van der Waals surface area contributed by atoms with Crippen molar-refractivity contribution in [2.45, 2.75) is 32.2 Å². The summed E-state index contributed by atoms with van der Waals surface area (Å²) in [5.41, 5.74) is 3.49. The molecule has 0 spiro atoms. The van der Waals surface area contributed by atoms with E-state index in [9.17, 15) is 4.79 Å². The minimum Gasteiger partial charge on any atom is -0.497 e. The number of hydrogen-bond acceptors (Lipinski definition) is 6. The average molecular weight is 406 g/mol. The topological polar surface area (TPSA) is 80.2 Å². The number of aromatic nitrogens is 3. The van der Waals surface area contributed by atoms with Crippen LogP contribution in [0.1, 0.15) is 37.8 Å². The first kappa shape index (κ1) is 20.1. The van der Waals surface area contributed by atoms with Gasteiger partial charge in [-0.05, 0) is 43.0 Å². The summed E-state index contributed by atoms with van der Waals surface area (Å²) in [6.07, 6.45) is 7.83. The number of piperidine rings is 1. The summed E-state index contributed by atoms with van der Waals surface area (Å²) in [5.74, 6) is 0.871. The van der Waals surface area contributed by atoms with Crippen LogP contribution in [0.15, 0.2) is 48.9 Å². The van der Waals surface area contributed by atoms with Gasteiger partial charge in [0.25, 0.3) is 0 Å². The second-order valence-corrected chi connectivity index (χ2v) is 7.62. The maximum absolute atomic E-state index is 13.1. The van der Waals surface area contributed by atoms with Crippen molar-refractivity contribution in [1.82, 2.24) is 20.3 Å². The Bertz CT molecular complexity index is 1010. The first-order valence-electron chi connectivity index (χ1n) is 10.4. The Labute approximate surface area is 176 Å². The number of ether oxygens (including phenoxy) is 1. The lowest BCUT2D eigenvalue weighted by atomic mass is 9.95. The highest BCUT2D eigenvalue weighted by molar-refractivity contribution is 5.80. The highest BCUT2D eigenvalue weighted by Crippen LogP contribution is 2.26. The molecule has 1 saturated heterocycles. The number of methoxy groups -OCH3 is 1. The van der Waals surface area contributed by atoms with Crippen LogP contribution >= 0.6 is 0 Å². The van der Waals surface area contributed by atoms with E-state index in [1.807, 2.05) is 36.5 Å². The lowest BCUT2D eigenvalue weighted by Gasteiger charge is -2.34. The number of anilines is 1.